The lowest BCUT2D eigenvalue weighted by Crippen LogP contribution is -2.47. The number of ether oxygens (including phenoxy) is 1. The zero-order chi connectivity index (χ0) is 14.4. The zero-order valence-corrected chi connectivity index (χ0v) is 13.0. The average Bonchev–Trinajstić information content (AvgIpc) is 3.04. The molecule has 0 aromatic carbocycles. The van der Waals surface area contributed by atoms with E-state index in [1.54, 1.807) is 0 Å². The molecule has 4 heterocycles. The van der Waals surface area contributed by atoms with E-state index in [1.807, 2.05) is 19.1 Å². The molecular formula is C15H20N4OS. The summed E-state index contributed by atoms with van der Waals surface area (Å²) in [6.07, 6.45) is 2.78. The van der Waals surface area contributed by atoms with Crippen molar-refractivity contribution in [2.45, 2.75) is 38.5 Å². The molecule has 0 saturated carbocycles. The van der Waals surface area contributed by atoms with Crippen LogP contribution < -0.4 is 0 Å². The number of imidazole rings is 1. The lowest BCUT2D eigenvalue weighted by Gasteiger charge is -2.35. The van der Waals surface area contributed by atoms with Gasteiger partial charge in [0.15, 0.2) is 10.4 Å². The quantitative estimate of drug-likeness (QED) is 0.865. The van der Waals surface area contributed by atoms with Gasteiger partial charge in [0, 0.05) is 18.3 Å². The Hall–Kier alpha value is -1.24. The van der Waals surface area contributed by atoms with Gasteiger partial charge in [0.25, 0.3) is 0 Å². The van der Waals surface area contributed by atoms with Crippen molar-refractivity contribution in [3.8, 4) is 0 Å². The number of pyridine rings is 1. The van der Waals surface area contributed by atoms with Crippen LogP contribution in [0.15, 0.2) is 12.1 Å². The van der Waals surface area contributed by atoms with Gasteiger partial charge in [0.1, 0.15) is 0 Å². The highest BCUT2D eigenvalue weighted by Crippen LogP contribution is 2.24. The van der Waals surface area contributed by atoms with Crippen molar-refractivity contribution in [2.24, 2.45) is 0 Å². The van der Waals surface area contributed by atoms with Gasteiger partial charge in [-0.1, -0.05) is 0 Å². The number of aromatic amines is 1. The van der Waals surface area contributed by atoms with E-state index >= 15 is 0 Å². The predicted octanol–water partition coefficient (Wildman–Crippen LogP) is 2.27. The van der Waals surface area contributed by atoms with E-state index < -0.39 is 0 Å². The van der Waals surface area contributed by atoms with Gasteiger partial charge >= 0.3 is 0 Å². The fourth-order valence-electron chi connectivity index (χ4n) is 3.49. The van der Waals surface area contributed by atoms with E-state index in [1.165, 1.54) is 19.4 Å². The lowest BCUT2D eigenvalue weighted by molar-refractivity contribution is -0.0549. The Balaban J connectivity index is 1.61. The van der Waals surface area contributed by atoms with Crippen molar-refractivity contribution in [3.05, 3.63) is 22.6 Å². The average molecular weight is 304 g/mol. The first-order valence-electron chi connectivity index (χ1n) is 7.62. The Morgan fingerprint density at radius 3 is 3.29 bits per heavy atom. The summed E-state index contributed by atoms with van der Waals surface area (Å²) in [5.41, 5.74) is 2.95. The van der Waals surface area contributed by atoms with Crippen LogP contribution in [0.25, 0.3) is 11.2 Å². The molecule has 112 valence electrons. The van der Waals surface area contributed by atoms with Gasteiger partial charge in [-0.15, -0.1) is 0 Å². The van der Waals surface area contributed by atoms with Crippen molar-refractivity contribution in [2.75, 3.05) is 19.7 Å². The minimum absolute atomic E-state index is 0.201. The summed E-state index contributed by atoms with van der Waals surface area (Å²) in [5, 5.41) is 0. The van der Waals surface area contributed by atoms with Crippen molar-refractivity contribution in [3.63, 3.8) is 0 Å². The van der Waals surface area contributed by atoms with E-state index in [-0.39, 0.29) is 6.10 Å². The van der Waals surface area contributed by atoms with Gasteiger partial charge in [0.05, 0.1) is 24.8 Å². The molecule has 2 aromatic heterocycles. The largest absolute Gasteiger partial charge is 0.373 e. The molecule has 2 aliphatic rings. The molecule has 6 heteroatoms. The normalized spacial score (nSPS) is 26.3. The van der Waals surface area contributed by atoms with Gasteiger partial charge in [-0.05, 0) is 50.7 Å². The number of rotatable bonds is 2. The number of morpholine rings is 1. The SMILES string of the molecule is Cc1ccc2[nH]c(=S)n(CC3CN4CCCC4CO3)c2n1. The Bertz CT molecular complexity index is 722. The van der Waals surface area contributed by atoms with Crippen LogP contribution in [0, 0.1) is 11.7 Å². The van der Waals surface area contributed by atoms with Gasteiger partial charge < -0.3 is 9.72 Å². The van der Waals surface area contributed by atoms with E-state index in [9.17, 15) is 0 Å². The molecule has 2 saturated heterocycles. The Labute approximate surface area is 128 Å². The van der Waals surface area contributed by atoms with Crippen LogP contribution in [-0.2, 0) is 11.3 Å². The first-order chi connectivity index (χ1) is 10.2. The van der Waals surface area contributed by atoms with E-state index in [2.05, 4.69) is 19.4 Å². The first-order valence-corrected chi connectivity index (χ1v) is 8.03. The number of H-pyrrole nitrogens is 1. The third-order valence-corrected chi connectivity index (χ3v) is 4.93. The number of nitrogens with zero attached hydrogens (tertiary/aromatic N) is 3. The molecule has 2 fully saturated rings. The van der Waals surface area contributed by atoms with Gasteiger partial charge in [-0.3, -0.25) is 9.47 Å². The second-order valence-electron chi connectivity index (χ2n) is 6.11. The molecule has 2 aliphatic heterocycles. The molecule has 4 rings (SSSR count). The topological polar surface area (TPSA) is 46.1 Å². The molecule has 0 amide bonds. The van der Waals surface area contributed by atoms with Crippen LogP contribution in [0.4, 0.5) is 0 Å². The molecule has 2 unspecified atom stereocenters. The first kappa shape index (κ1) is 13.4. The third-order valence-electron chi connectivity index (χ3n) is 4.60. The van der Waals surface area contributed by atoms with Crippen molar-refractivity contribution in [1.29, 1.82) is 0 Å². The smallest absolute Gasteiger partial charge is 0.179 e. The van der Waals surface area contributed by atoms with Gasteiger partial charge in [-0.2, -0.15) is 0 Å². The molecule has 0 bridgehead atoms. The molecule has 0 aliphatic carbocycles. The van der Waals surface area contributed by atoms with Crippen molar-refractivity contribution >= 4 is 23.4 Å². The number of aryl methyl sites for hydroxylation is 1. The maximum Gasteiger partial charge on any atom is 0.179 e. The molecule has 21 heavy (non-hydrogen) atoms. The minimum Gasteiger partial charge on any atom is -0.373 e. The lowest BCUT2D eigenvalue weighted by atomic mass is 10.2. The molecule has 0 spiro atoms. The summed E-state index contributed by atoms with van der Waals surface area (Å²) in [7, 11) is 0. The Kier molecular flexibility index (Phi) is 3.32. The van der Waals surface area contributed by atoms with Gasteiger partial charge in [0.2, 0.25) is 0 Å². The van der Waals surface area contributed by atoms with Gasteiger partial charge in [-0.25, -0.2) is 4.98 Å². The number of nitrogens with one attached hydrogen (secondary N) is 1. The molecular weight excluding hydrogens is 284 g/mol. The predicted molar refractivity (Wildman–Crippen MR) is 84.0 cm³/mol. The summed E-state index contributed by atoms with van der Waals surface area (Å²) in [6.45, 7) is 5.85. The number of fused-ring (bicyclic) bond motifs is 2. The standard InChI is InChI=1S/C15H20N4OS/c1-10-4-5-13-14(16-10)19(15(21)17-13)8-12-7-18-6-2-3-11(18)9-20-12/h4-5,11-12H,2-3,6-9H2,1H3,(H,17,21). The molecule has 1 N–H and O–H groups in total. The molecule has 2 atom stereocenters. The van der Waals surface area contributed by atoms with Crippen LogP contribution in [0.1, 0.15) is 18.5 Å². The highest BCUT2D eigenvalue weighted by molar-refractivity contribution is 7.71. The van der Waals surface area contributed by atoms with Crippen LogP contribution in [-0.4, -0.2) is 51.3 Å². The zero-order valence-electron chi connectivity index (χ0n) is 12.2. The van der Waals surface area contributed by atoms with Crippen LogP contribution in [0.5, 0.6) is 0 Å². The fraction of sp³-hybridized carbons (Fsp3) is 0.600. The highest BCUT2D eigenvalue weighted by atomic mass is 32.1. The summed E-state index contributed by atoms with van der Waals surface area (Å²) < 4.78 is 8.86. The fourth-order valence-corrected chi connectivity index (χ4v) is 3.77. The summed E-state index contributed by atoms with van der Waals surface area (Å²) in [4.78, 5) is 10.4. The van der Waals surface area contributed by atoms with E-state index in [4.69, 9.17) is 17.0 Å². The number of aromatic nitrogens is 3. The molecule has 5 nitrogen and oxygen atoms in total. The van der Waals surface area contributed by atoms with Crippen LogP contribution >= 0.6 is 12.2 Å². The maximum absolute atomic E-state index is 6.05. The van der Waals surface area contributed by atoms with E-state index in [0.29, 0.717) is 6.04 Å². The van der Waals surface area contributed by atoms with Crippen LogP contribution in [0.2, 0.25) is 0 Å². The minimum atomic E-state index is 0.201. The summed E-state index contributed by atoms with van der Waals surface area (Å²) in [6, 6.07) is 4.68. The number of hydrogen-bond donors (Lipinski definition) is 1. The van der Waals surface area contributed by atoms with E-state index in [0.717, 1.165) is 41.3 Å². The van der Waals surface area contributed by atoms with Crippen LogP contribution in [0.3, 0.4) is 0 Å². The number of hydrogen-bond acceptors (Lipinski definition) is 4. The second-order valence-corrected chi connectivity index (χ2v) is 6.50. The summed E-state index contributed by atoms with van der Waals surface area (Å²) in [5.74, 6) is 0. The second kappa shape index (κ2) is 5.19. The maximum atomic E-state index is 6.05. The third kappa shape index (κ3) is 2.41. The molecule has 0 radical (unpaired) electrons. The highest BCUT2D eigenvalue weighted by Gasteiger charge is 2.32. The molecule has 2 aromatic rings. The van der Waals surface area contributed by atoms with Crippen molar-refractivity contribution in [1.82, 2.24) is 19.4 Å². The monoisotopic (exact) mass is 304 g/mol. The Morgan fingerprint density at radius 2 is 2.38 bits per heavy atom. The summed E-state index contributed by atoms with van der Waals surface area (Å²) >= 11 is 5.46. The van der Waals surface area contributed by atoms with Crippen molar-refractivity contribution < 1.29 is 4.74 Å². The Morgan fingerprint density at radius 1 is 1.48 bits per heavy atom.